The zero-order valence-corrected chi connectivity index (χ0v) is 16.6. The number of morpholine rings is 1. The van der Waals surface area contributed by atoms with Crippen LogP contribution < -0.4 is 15.0 Å². The predicted octanol–water partition coefficient (Wildman–Crippen LogP) is 4.63. The molecule has 0 radical (unpaired) electrons. The Morgan fingerprint density at radius 3 is 2.50 bits per heavy atom. The van der Waals surface area contributed by atoms with Crippen LogP contribution in [0.4, 0.5) is 11.4 Å². The molecule has 1 aliphatic heterocycles. The first kappa shape index (κ1) is 19.8. The summed E-state index contributed by atoms with van der Waals surface area (Å²) < 4.78 is 11.3. The Morgan fingerprint density at radius 2 is 1.73 bits per heavy atom. The minimum Gasteiger partial charge on any atom is -0.478 e. The summed E-state index contributed by atoms with van der Waals surface area (Å²) in [6, 6.07) is 22.9. The van der Waals surface area contributed by atoms with Crippen molar-refractivity contribution in [2.75, 3.05) is 36.5 Å². The quantitative estimate of drug-likeness (QED) is 0.599. The van der Waals surface area contributed by atoms with Gasteiger partial charge in [-0.05, 0) is 48.0 Å². The monoisotopic (exact) mass is 404 g/mol. The number of hydrogen-bond donors (Lipinski definition) is 2. The Labute approximate surface area is 175 Å². The fraction of sp³-hybridized carbons (Fsp3) is 0.208. The second-order valence-corrected chi connectivity index (χ2v) is 7.05. The first-order valence-electron chi connectivity index (χ1n) is 9.95. The van der Waals surface area contributed by atoms with Crippen molar-refractivity contribution in [2.45, 2.75) is 6.54 Å². The summed E-state index contributed by atoms with van der Waals surface area (Å²) in [6.45, 7) is 3.17. The molecule has 1 heterocycles. The van der Waals surface area contributed by atoms with Gasteiger partial charge in [0.05, 0.1) is 24.5 Å². The van der Waals surface area contributed by atoms with Gasteiger partial charge in [0, 0.05) is 25.3 Å². The van der Waals surface area contributed by atoms with Gasteiger partial charge in [-0.1, -0.05) is 30.3 Å². The highest BCUT2D eigenvalue weighted by molar-refractivity contribution is 5.95. The number of hydrogen-bond acceptors (Lipinski definition) is 5. The fourth-order valence-electron chi connectivity index (χ4n) is 3.44. The normalized spacial score (nSPS) is 13.7. The summed E-state index contributed by atoms with van der Waals surface area (Å²) >= 11 is 0. The number of carboxylic acids is 1. The summed E-state index contributed by atoms with van der Waals surface area (Å²) in [7, 11) is 0. The van der Waals surface area contributed by atoms with Crippen molar-refractivity contribution in [3.05, 3.63) is 83.9 Å². The minimum atomic E-state index is -0.932. The summed E-state index contributed by atoms with van der Waals surface area (Å²) in [6.07, 6.45) is 0. The Bertz CT molecular complexity index is 1000. The van der Waals surface area contributed by atoms with E-state index in [1.165, 1.54) is 0 Å². The van der Waals surface area contributed by atoms with Crippen LogP contribution in [0.3, 0.4) is 0 Å². The van der Waals surface area contributed by atoms with Gasteiger partial charge in [0.15, 0.2) is 0 Å². The zero-order chi connectivity index (χ0) is 20.8. The number of ether oxygens (including phenoxy) is 2. The van der Waals surface area contributed by atoms with E-state index in [9.17, 15) is 9.90 Å². The summed E-state index contributed by atoms with van der Waals surface area (Å²) in [4.78, 5) is 13.9. The van der Waals surface area contributed by atoms with E-state index < -0.39 is 5.97 Å². The molecule has 0 atom stereocenters. The van der Waals surface area contributed by atoms with E-state index in [1.807, 2.05) is 66.7 Å². The van der Waals surface area contributed by atoms with Crippen LogP contribution in [-0.4, -0.2) is 37.4 Å². The van der Waals surface area contributed by atoms with Crippen molar-refractivity contribution in [2.24, 2.45) is 0 Å². The number of nitrogens with one attached hydrogen (secondary N) is 1. The lowest BCUT2D eigenvalue weighted by atomic mass is 10.1. The number of nitrogens with zero attached hydrogens (tertiary/aromatic N) is 1. The van der Waals surface area contributed by atoms with Crippen LogP contribution >= 0.6 is 0 Å². The first-order chi connectivity index (χ1) is 14.7. The molecule has 0 aliphatic carbocycles. The molecule has 0 amide bonds. The maximum absolute atomic E-state index is 11.8. The van der Waals surface area contributed by atoms with Crippen molar-refractivity contribution in [3.63, 3.8) is 0 Å². The number of benzene rings is 3. The molecule has 154 valence electrons. The van der Waals surface area contributed by atoms with Crippen molar-refractivity contribution in [1.29, 1.82) is 0 Å². The predicted molar refractivity (Wildman–Crippen MR) is 117 cm³/mol. The zero-order valence-electron chi connectivity index (χ0n) is 16.6. The number of carboxylic acid groups (broad SMARTS) is 1. The molecule has 0 bridgehead atoms. The standard InChI is InChI=1S/C24H24N2O4/c27-24(28)22-16-19(9-10-23(22)26-11-13-29-14-12-26)25-17-18-5-4-8-21(15-18)30-20-6-2-1-3-7-20/h1-10,15-16,25H,11-14,17H2,(H,27,28). The average molecular weight is 404 g/mol. The van der Waals surface area contributed by atoms with E-state index in [0.29, 0.717) is 38.4 Å². The van der Waals surface area contributed by atoms with E-state index in [0.717, 1.165) is 28.4 Å². The second kappa shape index (κ2) is 9.33. The molecule has 1 fully saturated rings. The van der Waals surface area contributed by atoms with Gasteiger partial charge >= 0.3 is 5.97 Å². The topological polar surface area (TPSA) is 71.0 Å². The summed E-state index contributed by atoms with van der Waals surface area (Å²) in [5.41, 5.74) is 2.83. The van der Waals surface area contributed by atoms with E-state index in [2.05, 4.69) is 10.2 Å². The number of para-hydroxylation sites is 1. The number of carbonyl (C=O) groups is 1. The maximum Gasteiger partial charge on any atom is 0.337 e. The molecule has 1 aliphatic rings. The van der Waals surface area contributed by atoms with E-state index >= 15 is 0 Å². The lowest BCUT2D eigenvalue weighted by Crippen LogP contribution is -2.37. The molecule has 0 unspecified atom stereocenters. The second-order valence-electron chi connectivity index (χ2n) is 7.05. The Balaban J connectivity index is 1.45. The number of rotatable bonds is 7. The van der Waals surface area contributed by atoms with Gasteiger partial charge in [-0.25, -0.2) is 4.79 Å². The largest absolute Gasteiger partial charge is 0.478 e. The minimum absolute atomic E-state index is 0.295. The molecule has 0 saturated carbocycles. The van der Waals surface area contributed by atoms with Gasteiger partial charge in [0.1, 0.15) is 11.5 Å². The first-order valence-corrected chi connectivity index (χ1v) is 9.95. The molecule has 0 aromatic heterocycles. The Hall–Kier alpha value is -3.51. The molecular formula is C24H24N2O4. The van der Waals surface area contributed by atoms with Crippen LogP contribution in [0.1, 0.15) is 15.9 Å². The highest BCUT2D eigenvalue weighted by atomic mass is 16.5. The maximum atomic E-state index is 11.8. The van der Waals surface area contributed by atoms with Crippen LogP contribution in [0.25, 0.3) is 0 Å². The van der Waals surface area contributed by atoms with E-state index in [-0.39, 0.29) is 0 Å². The highest BCUT2D eigenvalue weighted by Gasteiger charge is 2.19. The smallest absolute Gasteiger partial charge is 0.337 e. The fourth-order valence-corrected chi connectivity index (χ4v) is 3.44. The SMILES string of the molecule is O=C(O)c1cc(NCc2cccc(Oc3ccccc3)c2)ccc1N1CCOCC1. The van der Waals surface area contributed by atoms with E-state index in [4.69, 9.17) is 9.47 Å². The lowest BCUT2D eigenvalue weighted by molar-refractivity contribution is 0.0696. The number of anilines is 2. The van der Waals surface area contributed by atoms with Crippen molar-refractivity contribution in [3.8, 4) is 11.5 Å². The Morgan fingerprint density at radius 1 is 0.967 bits per heavy atom. The van der Waals surface area contributed by atoms with Crippen LogP contribution in [0.5, 0.6) is 11.5 Å². The van der Waals surface area contributed by atoms with Gasteiger partial charge in [-0.15, -0.1) is 0 Å². The summed E-state index contributed by atoms with van der Waals surface area (Å²) in [5, 5.41) is 13.0. The van der Waals surface area contributed by atoms with Crippen molar-refractivity contribution in [1.82, 2.24) is 0 Å². The molecule has 1 saturated heterocycles. The average Bonchev–Trinajstić information content (AvgIpc) is 2.79. The molecule has 4 rings (SSSR count). The van der Waals surface area contributed by atoms with Crippen LogP contribution in [-0.2, 0) is 11.3 Å². The van der Waals surface area contributed by atoms with Gasteiger partial charge in [0.2, 0.25) is 0 Å². The lowest BCUT2D eigenvalue weighted by Gasteiger charge is -2.30. The third kappa shape index (κ3) is 4.90. The molecular weight excluding hydrogens is 380 g/mol. The molecule has 2 N–H and O–H groups in total. The number of aromatic carboxylic acids is 1. The third-order valence-electron chi connectivity index (χ3n) is 4.95. The summed E-state index contributed by atoms with van der Waals surface area (Å²) in [5.74, 6) is 0.611. The molecule has 6 nitrogen and oxygen atoms in total. The third-order valence-corrected chi connectivity index (χ3v) is 4.95. The van der Waals surface area contributed by atoms with Gasteiger partial charge in [0.25, 0.3) is 0 Å². The Kier molecular flexibility index (Phi) is 6.15. The van der Waals surface area contributed by atoms with E-state index in [1.54, 1.807) is 6.07 Å². The molecule has 3 aromatic carbocycles. The van der Waals surface area contributed by atoms with Gasteiger partial charge in [-0.3, -0.25) is 0 Å². The van der Waals surface area contributed by atoms with Crippen molar-refractivity contribution >= 4 is 17.3 Å². The van der Waals surface area contributed by atoms with Crippen LogP contribution in [0.2, 0.25) is 0 Å². The molecule has 0 spiro atoms. The van der Waals surface area contributed by atoms with Gasteiger partial charge < -0.3 is 24.8 Å². The van der Waals surface area contributed by atoms with Crippen LogP contribution in [0, 0.1) is 0 Å². The van der Waals surface area contributed by atoms with Gasteiger partial charge in [-0.2, -0.15) is 0 Å². The highest BCUT2D eigenvalue weighted by Crippen LogP contribution is 2.26. The van der Waals surface area contributed by atoms with Crippen molar-refractivity contribution < 1.29 is 19.4 Å². The molecule has 3 aromatic rings. The van der Waals surface area contributed by atoms with Crippen LogP contribution in [0.15, 0.2) is 72.8 Å². The molecule has 30 heavy (non-hydrogen) atoms. The molecule has 6 heteroatoms.